The first-order valence-electron chi connectivity index (χ1n) is 6.20. The number of nitrogens with zero attached hydrogens (tertiary/aromatic N) is 1. The van der Waals surface area contributed by atoms with Gasteiger partial charge in [0.1, 0.15) is 0 Å². The zero-order valence-corrected chi connectivity index (χ0v) is 10.6. The van der Waals surface area contributed by atoms with Gasteiger partial charge in [-0.15, -0.1) is 0 Å². The van der Waals surface area contributed by atoms with Gasteiger partial charge in [-0.3, -0.25) is 9.78 Å². The van der Waals surface area contributed by atoms with Gasteiger partial charge in [-0.05, 0) is 24.5 Å². The zero-order chi connectivity index (χ0) is 14.1. The van der Waals surface area contributed by atoms with Crippen molar-refractivity contribution in [3.63, 3.8) is 0 Å². The number of carboxylic acid groups (broad SMARTS) is 1. The van der Waals surface area contributed by atoms with Crippen LogP contribution in [0, 0.1) is 5.92 Å². The van der Waals surface area contributed by atoms with E-state index in [0.717, 1.165) is 0 Å². The number of pyridine rings is 1. The lowest BCUT2D eigenvalue weighted by atomic mass is 9.94. The summed E-state index contributed by atoms with van der Waals surface area (Å²) in [6.07, 6.45) is 7.00. The van der Waals surface area contributed by atoms with E-state index in [0.29, 0.717) is 18.4 Å². The van der Waals surface area contributed by atoms with E-state index in [9.17, 15) is 15.0 Å². The Morgan fingerprint density at radius 3 is 2.79 bits per heavy atom. The molecule has 2 unspecified atom stereocenters. The number of rotatable bonds is 8. The molecule has 19 heavy (non-hydrogen) atoms. The van der Waals surface area contributed by atoms with Crippen LogP contribution in [0.3, 0.4) is 0 Å². The van der Waals surface area contributed by atoms with Crippen LogP contribution in [0.15, 0.2) is 36.7 Å². The minimum atomic E-state index is -0.834. The second-order valence-corrected chi connectivity index (χ2v) is 4.31. The van der Waals surface area contributed by atoms with E-state index in [-0.39, 0.29) is 18.9 Å². The van der Waals surface area contributed by atoms with Crippen LogP contribution < -0.4 is 0 Å². The normalized spacial score (nSPS) is 14.4. The second-order valence-electron chi connectivity index (χ2n) is 4.31. The van der Waals surface area contributed by atoms with Gasteiger partial charge in [-0.25, -0.2) is 0 Å². The highest BCUT2D eigenvalue weighted by Crippen LogP contribution is 2.24. The Hall–Kier alpha value is -1.72. The highest BCUT2D eigenvalue weighted by atomic mass is 16.4. The zero-order valence-electron chi connectivity index (χ0n) is 10.6. The summed E-state index contributed by atoms with van der Waals surface area (Å²) in [7, 11) is 0. The Labute approximate surface area is 112 Å². The minimum absolute atomic E-state index is 0.0887. The summed E-state index contributed by atoms with van der Waals surface area (Å²) in [5, 5.41) is 27.9. The number of carbonyl (C=O) groups is 1. The minimum Gasteiger partial charge on any atom is -0.481 e. The fourth-order valence-electron chi connectivity index (χ4n) is 1.72. The molecule has 1 aromatic heterocycles. The van der Waals surface area contributed by atoms with E-state index in [1.54, 1.807) is 36.7 Å². The summed E-state index contributed by atoms with van der Waals surface area (Å²) in [4.78, 5) is 14.3. The lowest BCUT2D eigenvalue weighted by molar-refractivity contribution is -0.136. The Morgan fingerprint density at radius 1 is 1.42 bits per heavy atom. The molecule has 0 aliphatic heterocycles. The third kappa shape index (κ3) is 5.63. The standard InChI is InChI=1S/C14H19NO4/c16-10-12(5-2-1-3-7-13(17)18)14(19)11-6-4-8-15-9-11/h1-2,4,6,8-9,12,14,16,19H,3,5,7,10H2,(H,17,18)/b2-1+. The van der Waals surface area contributed by atoms with Crippen LogP contribution in [0.4, 0.5) is 0 Å². The van der Waals surface area contributed by atoms with E-state index in [4.69, 9.17) is 5.11 Å². The SMILES string of the molecule is O=C(O)CC/C=C/CC(CO)C(O)c1cccnc1. The molecule has 0 saturated heterocycles. The molecule has 0 aliphatic rings. The van der Waals surface area contributed by atoms with Crippen molar-refractivity contribution in [1.29, 1.82) is 0 Å². The summed E-state index contributed by atoms with van der Waals surface area (Å²) in [6, 6.07) is 3.49. The number of aliphatic carboxylic acids is 1. The van der Waals surface area contributed by atoms with E-state index in [2.05, 4.69) is 4.98 Å². The van der Waals surface area contributed by atoms with Gasteiger partial charge in [0, 0.05) is 31.3 Å². The molecule has 5 nitrogen and oxygen atoms in total. The largest absolute Gasteiger partial charge is 0.481 e. The van der Waals surface area contributed by atoms with Crippen LogP contribution in [-0.4, -0.2) is 32.9 Å². The van der Waals surface area contributed by atoms with Crippen molar-refractivity contribution in [2.45, 2.75) is 25.4 Å². The van der Waals surface area contributed by atoms with Crippen LogP contribution in [0.25, 0.3) is 0 Å². The lowest BCUT2D eigenvalue weighted by Gasteiger charge is -2.19. The first-order valence-corrected chi connectivity index (χ1v) is 6.20. The molecule has 0 aliphatic carbocycles. The van der Waals surface area contributed by atoms with Gasteiger partial charge in [-0.2, -0.15) is 0 Å². The molecular formula is C14H19NO4. The Bertz CT molecular complexity index is 405. The number of carboxylic acids is 1. The number of hydrogen-bond donors (Lipinski definition) is 3. The highest BCUT2D eigenvalue weighted by Gasteiger charge is 2.18. The van der Waals surface area contributed by atoms with Crippen molar-refractivity contribution < 1.29 is 20.1 Å². The van der Waals surface area contributed by atoms with Gasteiger partial charge in [0.25, 0.3) is 0 Å². The Balaban J connectivity index is 2.47. The van der Waals surface area contributed by atoms with Crippen molar-refractivity contribution in [3.05, 3.63) is 42.2 Å². The van der Waals surface area contributed by atoms with E-state index < -0.39 is 12.1 Å². The molecular weight excluding hydrogens is 246 g/mol. The molecule has 1 rings (SSSR count). The summed E-state index contributed by atoms with van der Waals surface area (Å²) in [5.41, 5.74) is 0.667. The Morgan fingerprint density at radius 2 is 2.21 bits per heavy atom. The monoisotopic (exact) mass is 265 g/mol. The van der Waals surface area contributed by atoms with Crippen molar-refractivity contribution >= 4 is 5.97 Å². The Kier molecular flexibility index (Phi) is 6.78. The molecule has 1 heterocycles. The first kappa shape index (κ1) is 15.3. The maximum absolute atomic E-state index is 10.3. The number of allylic oxidation sites excluding steroid dienone is 2. The molecule has 0 radical (unpaired) electrons. The molecule has 0 bridgehead atoms. The number of aromatic nitrogens is 1. The predicted molar refractivity (Wildman–Crippen MR) is 70.4 cm³/mol. The van der Waals surface area contributed by atoms with E-state index in [1.807, 2.05) is 0 Å². The van der Waals surface area contributed by atoms with Gasteiger partial charge in [0.15, 0.2) is 0 Å². The molecule has 0 fully saturated rings. The van der Waals surface area contributed by atoms with Gasteiger partial charge < -0.3 is 15.3 Å². The van der Waals surface area contributed by atoms with Gasteiger partial charge in [0.2, 0.25) is 0 Å². The van der Waals surface area contributed by atoms with Gasteiger partial charge in [0.05, 0.1) is 6.10 Å². The fraction of sp³-hybridized carbons (Fsp3) is 0.429. The van der Waals surface area contributed by atoms with Crippen molar-refractivity contribution in [2.75, 3.05) is 6.61 Å². The summed E-state index contributed by atoms with van der Waals surface area (Å²) in [5.74, 6) is -1.15. The van der Waals surface area contributed by atoms with E-state index in [1.165, 1.54) is 0 Å². The molecule has 5 heteroatoms. The molecule has 3 N–H and O–H groups in total. The van der Waals surface area contributed by atoms with E-state index >= 15 is 0 Å². The number of aliphatic hydroxyl groups excluding tert-OH is 2. The fourth-order valence-corrected chi connectivity index (χ4v) is 1.72. The molecule has 104 valence electrons. The predicted octanol–water partition coefficient (Wildman–Crippen LogP) is 1.53. The van der Waals surface area contributed by atoms with Crippen molar-refractivity contribution in [2.24, 2.45) is 5.92 Å². The second kappa shape index (κ2) is 8.39. The molecule has 1 aromatic rings. The maximum atomic E-state index is 10.3. The maximum Gasteiger partial charge on any atom is 0.303 e. The molecule has 2 atom stereocenters. The van der Waals surface area contributed by atoms with Crippen molar-refractivity contribution in [3.8, 4) is 0 Å². The van der Waals surface area contributed by atoms with Crippen LogP contribution in [0.2, 0.25) is 0 Å². The smallest absolute Gasteiger partial charge is 0.303 e. The third-order valence-electron chi connectivity index (χ3n) is 2.84. The molecule has 0 aromatic carbocycles. The van der Waals surface area contributed by atoms with Crippen LogP contribution in [0.5, 0.6) is 0 Å². The summed E-state index contributed by atoms with van der Waals surface area (Å²) in [6.45, 7) is -0.140. The van der Waals surface area contributed by atoms with Crippen LogP contribution in [0.1, 0.15) is 30.9 Å². The molecule has 0 spiro atoms. The summed E-state index contributed by atoms with van der Waals surface area (Å²) >= 11 is 0. The van der Waals surface area contributed by atoms with Crippen LogP contribution >= 0.6 is 0 Å². The third-order valence-corrected chi connectivity index (χ3v) is 2.84. The molecule has 0 saturated carbocycles. The van der Waals surface area contributed by atoms with Crippen LogP contribution in [-0.2, 0) is 4.79 Å². The van der Waals surface area contributed by atoms with Gasteiger partial charge in [-0.1, -0.05) is 18.2 Å². The number of hydrogen-bond acceptors (Lipinski definition) is 4. The van der Waals surface area contributed by atoms with Gasteiger partial charge >= 0.3 is 5.97 Å². The molecule has 0 amide bonds. The average molecular weight is 265 g/mol. The first-order chi connectivity index (χ1) is 9.15. The summed E-state index contributed by atoms with van der Waals surface area (Å²) < 4.78 is 0. The topological polar surface area (TPSA) is 90.7 Å². The highest BCUT2D eigenvalue weighted by molar-refractivity contribution is 5.66. The lowest BCUT2D eigenvalue weighted by Crippen LogP contribution is -2.16. The average Bonchev–Trinajstić information content (AvgIpc) is 2.43. The quantitative estimate of drug-likeness (QED) is 0.620. The number of aliphatic hydroxyl groups is 2. The van der Waals surface area contributed by atoms with Crippen molar-refractivity contribution in [1.82, 2.24) is 4.98 Å².